The maximum absolute atomic E-state index is 12.1. The van der Waals surface area contributed by atoms with Crippen molar-refractivity contribution in [3.63, 3.8) is 0 Å². The summed E-state index contributed by atoms with van der Waals surface area (Å²) in [7, 11) is 0. The molecule has 0 aliphatic carbocycles. The lowest BCUT2D eigenvalue weighted by atomic mass is 10.1. The molecule has 20 heavy (non-hydrogen) atoms. The Balaban J connectivity index is 2.23. The van der Waals surface area contributed by atoms with Crippen LogP contribution in [0.4, 0.5) is 13.2 Å². The van der Waals surface area contributed by atoms with Crippen LogP contribution >= 0.6 is 15.9 Å². The lowest BCUT2D eigenvalue weighted by Gasteiger charge is -2.01. The third-order valence-electron chi connectivity index (χ3n) is 2.53. The summed E-state index contributed by atoms with van der Waals surface area (Å²) in [6.07, 6.45) is -5.85. The number of nitrogens with zero attached hydrogens (tertiary/aromatic N) is 2. The molecular weight excluding hydrogens is 341 g/mol. The molecule has 8 heteroatoms. The van der Waals surface area contributed by atoms with Crippen LogP contribution in [-0.2, 0) is 11.2 Å². The fraction of sp³-hybridized carbons (Fsp3) is 0.250. The Morgan fingerprint density at radius 2 is 2.10 bits per heavy atom. The maximum Gasteiger partial charge on any atom is 0.450 e. The summed E-state index contributed by atoms with van der Waals surface area (Å²) in [5, 5.41) is 3.59. The normalized spacial score (nSPS) is 11.7. The van der Waals surface area contributed by atoms with Crippen LogP contribution < -0.4 is 0 Å². The number of halogens is 4. The molecule has 0 saturated carbocycles. The van der Waals surface area contributed by atoms with Crippen molar-refractivity contribution in [2.75, 3.05) is 0 Å². The van der Waals surface area contributed by atoms with Crippen LogP contribution in [0.3, 0.4) is 0 Å². The number of carbonyl (C=O) groups is 1. The van der Waals surface area contributed by atoms with Crippen molar-refractivity contribution in [3.8, 4) is 11.4 Å². The van der Waals surface area contributed by atoms with Crippen molar-refractivity contribution in [2.24, 2.45) is 0 Å². The average molecular weight is 349 g/mol. The summed E-state index contributed by atoms with van der Waals surface area (Å²) in [5.41, 5.74) is 1.46. The first-order valence-corrected chi connectivity index (χ1v) is 6.26. The van der Waals surface area contributed by atoms with E-state index in [9.17, 15) is 18.0 Å². The van der Waals surface area contributed by atoms with Gasteiger partial charge in [-0.25, -0.2) is 0 Å². The first-order chi connectivity index (χ1) is 9.27. The lowest BCUT2D eigenvalue weighted by Crippen LogP contribution is -2.24. The number of aryl methyl sites for hydroxylation is 1. The number of aromatic nitrogens is 2. The largest absolute Gasteiger partial charge is 0.450 e. The Morgan fingerprint density at radius 3 is 2.70 bits per heavy atom. The zero-order valence-electron chi connectivity index (χ0n) is 10.2. The van der Waals surface area contributed by atoms with Gasteiger partial charge in [-0.05, 0) is 30.7 Å². The molecule has 2 rings (SSSR count). The van der Waals surface area contributed by atoms with Crippen molar-refractivity contribution in [2.45, 2.75) is 19.5 Å². The van der Waals surface area contributed by atoms with Crippen LogP contribution in [0, 0.1) is 6.92 Å². The number of hydrogen-bond acceptors (Lipinski definition) is 4. The van der Waals surface area contributed by atoms with Crippen LogP contribution in [0.25, 0.3) is 11.4 Å². The van der Waals surface area contributed by atoms with Gasteiger partial charge < -0.3 is 4.52 Å². The van der Waals surface area contributed by atoms with Gasteiger partial charge in [0.25, 0.3) is 0 Å². The molecule has 0 unspecified atom stereocenters. The predicted octanol–water partition coefficient (Wildman–Crippen LogP) is 3.48. The number of alkyl halides is 3. The fourth-order valence-corrected chi connectivity index (χ4v) is 2.03. The molecule has 4 nitrogen and oxygen atoms in total. The van der Waals surface area contributed by atoms with Crippen molar-refractivity contribution in [3.05, 3.63) is 34.1 Å². The quantitative estimate of drug-likeness (QED) is 0.851. The molecule has 0 N–H and O–H groups in total. The first-order valence-electron chi connectivity index (χ1n) is 5.46. The van der Waals surface area contributed by atoms with E-state index in [1.54, 1.807) is 19.1 Å². The molecule has 0 spiro atoms. The van der Waals surface area contributed by atoms with E-state index >= 15 is 0 Å². The van der Waals surface area contributed by atoms with Crippen molar-refractivity contribution < 1.29 is 22.5 Å². The average Bonchev–Trinajstić information content (AvgIpc) is 2.76. The zero-order valence-corrected chi connectivity index (χ0v) is 11.7. The summed E-state index contributed by atoms with van der Waals surface area (Å²) in [6.45, 7) is 1.80. The van der Waals surface area contributed by atoms with Crippen LogP contribution in [0.15, 0.2) is 27.2 Å². The molecule has 0 radical (unpaired) electrons. The molecule has 1 heterocycles. The van der Waals surface area contributed by atoms with E-state index in [-0.39, 0.29) is 11.7 Å². The topological polar surface area (TPSA) is 56.0 Å². The number of ketones is 1. The van der Waals surface area contributed by atoms with Gasteiger partial charge in [0.05, 0.1) is 6.42 Å². The van der Waals surface area contributed by atoms with E-state index < -0.39 is 18.4 Å². The summed E-state index contributed by atoms with van der Waals surface area (Å²) in [5.74, 6) is -2.12. The molecule has 0 aliphatic heterocycles. The fourth-order valence-electron chi connectivity index (χ4n) is 1.55. The Bertz CT molecular complexity index is 652. The molecule has 0 aliphatic rings. The minimum Gasteiger partial charge on any atom is -0.338 e. The molecule has 0 fully saturated rings. The van der Waals surface area contributed by atoms with Gasteiger partial charge in [0.15, 0.2) is 0 Å². The third kappa shape index (κ3) is 3.24. The molecule has 0 atom stereocenters. The maximum atomic E-state index is 12.1. The van der Waals surface area contributed by atoms with Crippen LogP contribution in [-0.4, -0.2) is 22.1 Å². The van der Waals surface area contributed by atoms with Crippen LogP contribution in [0.2, 0.25) is 0 Å². The summed E-state index contributed by atoms with van der Waals surface area (Å²) >= 11 is 3.29. The van der Waals surface area contributed by atoms with Gasteiger partial charge in [-0.2, -0.15) is 18.2 Å². The summed E-state index contributed by atoms with van der Waals surface area (Å²) in [4.78, 5) is 14.6. The van der Waals surface area contributed by atoms with Gasteiger partial charge in [-0.3, -0.25) is 4.79 Å². The second-order valence-corrected chi connectivity index (χ2v) is 4.98. The highest BCUT2D eigenvalue weighted by Crippen LogP contribution is 2.24. The number of hydrogen-bond donors (Lipinski definition) is 0. The Hall–Kier alpha value is -1.70. The Labute approximate surface area is 120 Å². The molecule has 0 saturated heterocycles. The predicted molar refractivity (Wildman–Crippen MR) is 66.9 cm³/mol. The summed E-state index contributed by atoms with van der Waals surface area (Å²) in [6, 6.07) is 5.27. The summed E-state index contributed by atoms with van der Waals surface area (Å²) < 4.78 is 41.9. The van der Waals surface area contributed by atoms with E-state index in [2.05, 4.69) is 30.6 Å². The number of rotatable bonds is 3. The molecule has 1 aromatic heterocycles. The number of Topliss-reactive ketones (excluding diaryl/α,β-unsaturated/α-hetero) is 1. The monoisotopic (exact) mass is 348 g/mol. The molecule has 1 aromatic carbocycles. The highest BCUT2D eigenvalue weighted by Gasteiger charge is 2.39. The van der Waals surface area contributed by atoms with E-state index in [0.29, 0.717) is 5.56 Å². The van der Waals surface area contributed by atoms with E-state index in [0.717, 1.165) is 10.0 Å². The Morgan fingerprint density at radius 1 is 1.40 bits per heavy atom. The minimum absolute atomic E-state index is 0.153. The van der Waals surface area contributed by atoms with Crippen LogP contribution in [0.5, 0.6) is 0 Å². The first kappa shape index (κ1) is 14.7. The molecular formula is C12H8BrF3N2O2. The van der Waals surface area contributed by atoms with Crippen molar-refractivity contribution >= 4 is 21.7 Å². The van der Waals surface area contributed by atoms with Gasteiger partial charge in [-0.1, -0.05) is 21.1 Å². The van der Waals surface area contributed by atoms with Gasteiger partial charge in [-0.15, -0.1) is 0 Å². The van der Waals surface area contributed by atoms with Gasteiger partial charge >= 0.3 is 6.18 Å². The van der Waals surface area contributed by atoms with Gasteiger partial charge in [0.2, 0.25) is 17.5 Å². The van der Waals surface area contributed by atoms with E-state index in [1.807, 2.05) is 6.07 Å². The van der Waals surface area contributed by atoms with Crippen molar-refractivity contribution in [1.29, 1.82) is 0 Å². The number of benzene rings is 1. The molecule has 0 amide bonds. The highest BCUT2D eigenvalue weighted by atomic mass is 79.9. The third-order valence-corrected chi connectivity index (χ3v) is 3.02. The smallest absolute Gasteiger partial charge is 0.338 e. The molecule has 106 valence electrons. The lowest BCUT2D eigenvalue weighted by molar-refractivity contribution is -0.170. The SMILES string of the molecule is Cc1cc(Br)ccc1-c1noc(CC(=O)C(F)(F)F)n1. The second-order valence-electron chi connectivity index (χ2n) is 4.07. The molecule has 0 bridgehead atoms. The second kappa shape index (κ2) is 5.35. The number of carbonyl (C=O) groups excluding carboxylic acids is 1. The zero-order chi connectivity index (χ0) is 14.9. The van der Waals surface area contributed by atoms with Gasteiger partial charge in [0, 0.05) is 10.0 Å². The van der Waals surface area contributed by atoms with E-state index in [4.69, 9.17) is 0 Å². The van der Waals surface area contributed by atoms with Gasteiger partial charge in [0.1, 0.15) is 0 Å². The van der Waals surface area contributed by atoms with Crippen LogP contribution in [0.1, 0.15) is 11.5 Å². The highest BCUT2D eigenvalue weighted by molar-refractivity contribution is 9.10. The Kier molecular flexibility index (Phi) is 3.94. The molecule has 2 aromatic rings. The standard InChI is InChI=1S/C12H8BrF3N2O2/c1-6-4-7(13)2-3-8(6)11-17-10(20-18-11)5-9(19)12(14,15)16/h2-4H,5H2,1H3. The van der Waals surface area contributed by atoms with Crippen molar-refractivity contribution in [1.82, 2.24) is 10.1 Å². The van der Waals surface area contributed by atoms with E-state index in [1.165, 1.54) is 0 Å². The minimum atomic E-state index is -4.90.